The lowest BCUT2D eigenvalue weighted by atomic mass is 9.81. The number of rotatable bonds is 6. The van der Waals surface area contributed by atoms with Gasteiger partial charge >= 0.3 is 0 Å². The number of fused-ring (bicyclic) bond motifs is 9. The summed E-state index contributed by atoms with van der Waals surface area (Å²) in [7, 11) is 0. The number of furan rings is 1. The van der Waals surface area contributed by atoms with E-state index >= 15 is 0 Å². The zero-order valence-corrected chi connectivity index (χ0v) is 34.6. The van der Waals surface area contributed by atoms with Crippen molar-refractivity contribution in [3.05, 3.63) is 156 Å². The van der Waals surface area contributed by atoms with Crippen LogP contribution in [0.3, 0.4) is 0 Å². The van der Waals surface area contributed by atoms with Crippen LogP contribution in [0.1, 0.15) is 77.0 Å². The molecule has 1 N–H and O–H groups in total. The number of hydrogen-bond donors (Lipinski definition) is 1. The summed E-state index contributed by atoms with van der Waals surface area (Å²) < 4.78 is 9.19. The summed E-state index contributed by atoms with van der Waals surface area (Å²) in [5.74, 6) is 1.23. The molecule has 0 bridgehead atoms. The molecule has 0 atom stereocenters. The van der Waals surface area contributed by atoms with Crippen molar-refractivity contribution in [3.63, 3.8) is 0 Å². The second kappa shape index (κ2) is 13.7. The number of imidazole rings is 1. The van der Waals surface area contributed by atoms with Gasteiger partial charge in [0, 0.05) is 33.5 Å². The molecular weight excluding hydrogens is 723 g/mol. The summed E-state index contributed by atoms with van der Waals surface area (Å²) in [4.78, 5) is 10.2. The van der Waals surface area contributed by atoms with Gasteiger partial charge in [0.05, 0.1) is 28.0 Å². The number of nitrogens with zero attached hydrogens (tertiary/aromatic N) is 3. The first kappa shape index (κ1) is 36.6. The first-order chi connectivity index (χ1) is 28.5. The van der Waals surface area contributed by atoms with Gasteiger partial charge in [0.2, 0.25) is 0 Å². The predicted molar refractivity (Wildman–Crippen MR) is 246 cm³/mol. The Morgan fingerprint density at radius 2 is 1.25 bits per heavy atom. The zero-order valence-electron chi connectivity index (χ0n) is 34.6. The van der Waals surface area contributed by atoms with Crippen molar-refractivity contribution in [1.82, 2.24) is 14.5 Å². The van der Waals surface area contributed by atoms with Crippen LogP contribution in [0.4, 0.5) is 0 Å². The Morgan fingerprint density at radius 1 is 0.610 bits per heavy atom. The quantitative estimate of drug-likeness (QED) is 0.171. The van der Waals surface area contributed by atoms with Gasteiger partial charge in [-0.05, 0) is 92.1 Å². The fourth-order valence-electron chi connectivity index (χ4n) is 8.99. The van der Waals surface area contributed by atoms with E-state index in [9.17, 15) is 5.11 Å². The summed E-state index contributed by atoms with van der Waals surface area (Å²) in [6.45, 7) is 15.9. The Kier molecular flexibility index (Phi) is 8.50. The topological polar surface area (TPSA) is 64.1 Å². The van der Waals surface area contributed by atoms with Crippen LogP contribution in [-0.2, 0) is 5.41 Å². The maximum absolute atomic E-state index is 12.4. The normalized spacial score (nSPS) is 12.4. The average Bonchev–Trinajstić information content (AvgIpc) is 3.81. The van der Waals surface area contributed by atoms with E-state index in [2.05, 4.69) is 161 Å². The maximum Gasteiger partial charge on any atom is 0.149 e. The summed E-state index contributed by atoms with van der Waals surface area (Å²) >= 11 is 0. The van der Waals surface area contributed by atoms with Crippen molar-refractivity contribution in [2.45, 2.75) is 65.7 Å². The molecule has 5 heteroatoms. The van der Waals surface area contributed by atoms with Crippen LogP contribution in [0.5, 0.6) is 5.75 Å². The number of hydrogen-bond acceptors (Lipinski definition) is 4. The van der Waals surface area contributed by atoms with Crippen LogP contribution in [-0.4, -0.2) is 19.6 Å². The van der Waals surface area contributed by atoms with Crippen molar-refractivity contribution in [2.75, 3.05) is 0 Å². The van der Waals surface area contributed by atoms with E-state index in [4.69, 9.17) is 9.40 Å². The monoisotopic (exact) mass is 769 g/mol. The molecule has 7 aromatic carbocycles. The van der Waals surface area contributed by atoms with Gasteiger partial charge in [0.1, 0.15) is 22.7 Å². The Balaban J connectivity index is 1.31. The van der Waals surface area contributed by atoms with Gasteiger partial charge in [-0.15, -0.1) is 0 Å². The third-order valence-corrected chi connectivity index (χ3v) is 12.0. The summed E-state index contributed by atoms with van der Waals surface area (Å²) in [5.41, 5.74) is 12.8. The number of phenols is 1. The fraction of sp³-hybridized carbons (Fsp3) is 0.185. The summed E-state index contributed by atoms with van der Waals surface area (Å²) in [6.07, 6.45) is 1.83. The van der Waals surface area contributed by atoms with Crippen LogP contribution in [0.15, 0.2) is 144 Å². The Labute approximate surface area is 344 Å². The van der Waals surface area contributed by atoms with Crippen molar-refractivity contribution >= 4 is 54.5 Å². The van der Waals surface area contributed by atoms with E-state index in [1.807, 2.05) is 36.5 Å². The smallest absolute Gasteiger partial charge is 0.149 e. The molecule has 5 nitrogen and oxygen atoms in total. The average molecular weight is 770 g/mol. The number of aromatic hydroxyl groups is 1. The second-order valence-corrected chi connectivity index (χ2v) is 17.6. The Morgan fingerprint density at radius 3 is 1.93 bits per heavy atom. The third kappa shape index (κ3) is 5.90. The highest BCUT2D eigenvalue weighted by Crippen LogP contribution is 2.47. The number of para-hydroxylation sites is 1. The lowest BCUT2D eigenvalue weighted by molar-refractivity contribution is 0.477. The van der Waals surface area contributed by atoms with Crippen molar-refractivity contribution in [3.8, 4) is 45.2 Å². The largest absolute Gasteiger partial charge is 0.507 e. The van der Waals surface area contributed by atoms with Crippen LogP contribution in [0, 0.1) is 0 Å². The molecule has 3 heterocycles. The molecule has 0 fully saturated rings. The maximum atomic E-state index is 12.4. The first-order valence-corrected chi connectivity index (χ1v) is 20.7. The van der Waals surface area contributed by atoms with Gasteiger partial charge in [-0.1, -0.05) is 146 Å². The van der Waals surface area contributed by atoms with Gasteiger partial charge in [0.25, 0.3) is 0 Å². The molecule has 0 spiro atoms. The molecule has 0 aliphatic heterocycles. The van der Waals surface area contributed by atoms with Crippen molar-refractivity contribution < 1.29 is 9.52 Å². The summed E-state index contributed by atoms with van der Waals surface area (Å²) in [5, 5.41) is 18.7. The van der Waals surface area contributed by atoms with E-state index in [0.717, 1.165) is 77.0 Å². The molecule has 0 aliphatic rings. The van der Waals surface area contributed by atoms with Crippen LogP contribution in [0.25, 0.3) is 94.0 Å². The highest BCUT2D eigenvalue weighted by atomic mass is 16.3. The van der Waals surface area contributed by atoms with E-state index in [1.54, 1.807) is 0 Å². The predicted octanol–water partition coefficient (Wildman–Crippen LogP) is 14.9. The van der Waals surface area contributed by atoms with Crippen molar-refractivity contribution in [1.29, 1.82) is 0 Å². The Bertz CT molecular complexity index is 3240. The number of phenolic OH excluding ortho intramolecular Hbond substituents is 1. The van der Waals surface area contributed by atoms with Gasteiger partial charge < -0.3 is 9.52 Å². The van der Waals surface area contributed by atoms with Gasteiger partial charge in [0.15, 0.2) is 0 Å². The molecule has 0 aliphatic carbocycles. The lowest BCUT2D eigenvalue weighted by Gasteiger charge is -2.28. The molecule has 10 aromatic rings. The van der Waals surface area contributed by atoms with E-state index in [1.165, 1.54) is 16.7 Å². The lowest BCUT2D eigenvalue weighted by Crippen LogP contribution is -2.16. The fourth-order valence-corrected chi connectivity index (χ4v) is 8.99. The first-order valence-electron chi connectivity index (χ1n) is 20.7. The van der Waals surface area contributed by atoms with Gasteiger partial charge in [-0.3, -0.25) is 9.55 Å². The zero-order chi connectivity index (χ0) is 40.7. The standard InChI is InChI=1S/C54H47N3O2/c1-31(2)41-27-35(54(5,6)7)28-42(32(3)4)51(41)57-46-24-15-22-36(33-16-14-17-34(26-33)45-23-12-13-25-55-45)50(46)56-53(57)43-30-48-44(29-47(43)58)49-39-20-10-8-18-37(39)38-19-9-11-21-40(38)52(49)59-48/h8-32,58H,1-7H3. The van der Waals surface area contributed by atoms with Gasteiger partial charge in [-0.25, -0.2) is 4.98 Å². The molecule has 10 rings (SSSR count). The summed E-state index contributed by atoms with van der Waals surface area (Å²) in [6, 6.07) is 46.5. The second-order valence-electron chi connectivity index (χ2n) is 17.6. The highest BCUT2D eigenvalue weighted by molar-refractivity contribution is 6.30. The highest BCUT2D eigenvalue weighted by Gasteiger charge is 2.28. The van der Waals surface area contributed by atoms with Crippen LogP contribution < -0.4 is 0 Å². The SMILES string of the molecule is CC(C)c1cc(C(C)(C)C)cc(C(C)C)c1-n1c(-c2cc3oc4c5ccccc5c5ccccc5c4c3cc2O)nc2c(-c3cccc(-c4ccccn4)c3)cccc21. The number of aromatic nitrogens is 3. The van der Waals surface area contributed by atoms with E-state index < -0.39 is 0 Å². The molecule has 290 valence electrons. The Hall–Kier alpha value is -6.72. The minimum absolute atomic E-state index is 0.0453. The van der Waals surface area contributed by atoms with Gasteiger partial charge in [-0.2, -0.15) is 0 Å². The molecular formula is C54H47N3O2. The molecule has 0 unspecified atom stereocenters. The van der Waals surface area contributed by atoms with Crippen LogP contribution in [0.2, 0.25) is 0 Å². The number of pyridine rings is 1. The molecule has 0 saturated heterocycles. The number of benzene rings is 7. The minimum atomic E-state index is -0.0453. The molecule has 3 aromatic heterocycles. The molecule has 0 amide bonds. The molecule has 0 radical (unpaired) electrons. The van der Waals surface area contributed by atoms with E-state index in [-0.39, 0.29) is 23.0 Å². The third-order valence-electron chi connectivity index (χ3n) is 12.0. The van der Waals surface area contributed by atoms with Crippen molar-refractivity contribution in [2.24, 2.45) is 0 Å². The van der Waals surface area contributed by atoms with Crippen LogP contribution >= 0.6 is 0 Å². The van der Waals surface area contributed by atoms with E-state index in [0.29, 0.717) is 17.0 Å². The minimum Gasteiger partial charge on any atom is -0.507 e. The molecule has 0 saturated carbocycles. The molecule has 59 heavy (non-hydrogen) atoms.